The number of methoxy groups -OCH3 is 1. The SMILES string of the molecule is COc1ccc(/C=C/C(=O)N[C@@H]2CCCNC2)cc1. The van der Waals surface area contributed by atoms with Gasteiger partial charge in [0, 0.05) is 18.7 Å². The molecule has 102 valence electrons. The van der Waals surface area contributed by atoms with Crippen molar-refractivity contribution in [2.24, 2.45) is 0 Å². The number of rotatable bonds is 4. The van der Waals surface area contributed by atoms with Crippen LogP contribution in [0.15, 0.2) is 30.3 Å². The average Bonchev–Trinajstić information content (AvgIpc) is 2.47. The van der Waals surface area contributed by atoms with Gasteiger partial charge in [-0.25, -0.2) is 0 Å². The summed E-state index contributed by atoms with van der Waals surface area (Å²) in [5.41, 5.74) is 0.984. The molecule has 1 aromatic rings. The molecule has 1 saturated heterocycles. The Hall–Kier alpha value is -1.81. The monoisotopic (exact) mass is 260 g/mol. The van der Waals surface area contributed by atoms with Crippen LogP contribution in [0.3, 0.4) is 0 Å². The van der Waals surface area contributed by atoms with E-state index in [1.54, 1.807) is 13.2 Å². The lowest BCUT2D eigenvalue weighted by molar-refractivity contribution is -0.117. The van der Waals surface area contributed by atoms with Crippen LogP contribution in [0.5, 0.6) is 5.75 Å². The van der Waals surface area contributed by atoms with Crippen LogP contribution in [0.1, 0.15) is 18.4 Å². The van der Waals surface area contributed by atoms with E-state index < -0.39 is 0 Å². The first-order chi connectivity index (χ1) is 9.28. The number of ether oxygens (including phenoxy) is 1. The van der Waals surface area contributed by atoms with E-state index in [0.717, 1.165) is 37.2 Å². The zero-order valence-corrected chi connectivity index (χ0v) is 11.2. The molecule has 1 atom stereocenters. The maximum atomic E-state index is 11.8. The highest BCUT2D eigenvalue weighted by atomic mass is 16.5. The Morgan fingerprint density at radius 2 is 2.21 bits per heavy atom. The average molecular weight is 260 g/mol. The molecule has 1 heterocycles. The van der Waals surface area contributed by atoms with Crippen molar-refractivity contribution in [3.05, 3.63) is 35.9 Å². The van der Waals surface area contributed by atoms with Gasteiger partial charge in [-0.05, 0) is 43.2 Å². The van der Waals surface area contributed by atoms with Gasteiger partial charge in [0.1, 0.15) is 5.75 Å². The maximum absolute atomic E-state index is 11.8. The first kappa shape index (κ1) is 13.6. The number of carbonyl (C=O) groups is 1. The van der Waals surface area contributed by atoms with Crippen molar-refractivity contribution in [3.8, 4) is 5.75 Å². The Balaban J connectivity index is 1.84. The molecule has 0 aliphatic carbocycles. The van der Waals surface area contributed by atoms with Gasteiger partial charge in [0.05, 0.1) is 7.11 Å². The van der Waals surface area contributed by atoms with Crippen molar-refractivity contribution < 1.29 is 9.53 Å². The number of hydrogen-bond donors (Lipinski definition) is 2. The van der Waals surface area contributed by atoms with E-state index in [1.165, 1.54) is 0 Å². The van der Waals surface area contributed by atoms with Gasteiger partial charge < -0.3 is 15.4 Å². The standard InChI is InChI=1S/C15H20N2O2/c1-19-14-7-4-12(5-8-14)6-9-15(18)17-13-3-2-10-16-11-13/h4-9,13,16H,2-3,10-11H2,1H3,(H,17,18)/b9-6+/t13-/m1/s1. The molecule has 1 fully saturated rings. The summed E-state index contributed by atoms with van der Waals surface area (Å²) >= 11 is 0. The van der Waals surface area contributed by atoms with Crippen molar-refractivity contribution in [3.63, 3.8) is 0 Å². The highest BCUT2D eigenvalue weighted by molar-refractivity contribution is 5.91. The van der Waals surface area contributed by atoms with Crippen molar-refractivity contribution in [1.82, 2.24) is 10.6 Å². The van der Waals surface area contributed by atoms with Crippen molar-refractivity contribution in [2.45, 2.75) is 18.9 Å². The molecule has 0 unspecified atom stereocenters. The van der Waals surface area contributed by atoms with Crippen LogP contribution in [-0.4, -0.2) is 32.1 Å². The van der Waals surface area contributed by atoms with Crippen molar-refractivity contribution in [2.75, 3.05) is 20.2 Å². The molecular formula is C15H20N2O2. The number of piperidine rings is 1. The molecule has 2 N–H and O–H groups in total. The minimum atomic E-state index is -0.0375. The topological polar surface area (TPSA) is 50.4 Å². The van der Waals surface area contributed by atoms with E-state index in [-0.39, 0.29) is 11.9 Å². The van der Waals surface area contributed by atoms with Gasteiger partial charge in [-0.15, -0.1) is 0 Å². The fourth-order valence-electron chi connectivity index (χ4n) is 2.11. The first-order valence-corrected chi connectivity index (χ1v) is 6.61. The first-order valence-electron chi connectivity index (χ1n) is 6.61. The Labute approximate surface area is 113 Å². The van der Waals surface area contributed by atoms with E-state index in [9.17, 15) is 4.79 Å². The van der Waals surface area contributed by atoms with Crippen LogP contribution in [0, 0.1) is 0 Å². The maximum Gasteiger partial charge on any atom is 0.244 e. The molecule has 19 heavy (non-hydrogen) atoms. The molecule has 1 amide bonds. The fourth-order valence-corrected chi connectivity index (χ4v) is 2.11. The number of carbonyl (C=O) groups excluding carboxylic acids is 1. The quantitative estimate of drug-likeness (QED) is 0.808. The van der Waals surface area contributed by atoms with Gasteiger partial charge in [0.25, 0.3) is 0 Å². The molecule has 0 radical (unpaired) electrons. The largest absolute Gasteiger partial charge is 0.497 e. The number of amides is 1. The van der Waals surface area contributed by atoms with Crippen molar-refractivity contribution >= 4 is 12.0 Å². The molecule has 4 nitrogen and oxygen atoms in total. The van der Waals surface area contributed by atoms with Crippen LogP contribution in [0.25, 0.3) is 6.08 Å². The van der Waals surface area contributed by atoms with E-state index >= 15 is 0 Å². The summed E-state index contributed by atoms with van der Waals surface area (Å²) in [6.45, 7) is 1.91. The number of benzene rings is 1. The van der Waals surface area contributed by atoms with E-state index in [0.29, 0.717) is 0 Å². The van der Waals surface area contributed by atoms with E-state index in [1.807, 2.05) is 30.3 Å². The Morgan fingerprint density at radius 1 is 1.42 bits per heavy atom. The minimum absolute atomic E-state index is 0.0375. The molecule has 1 aliphatic heterocycles. The van der Waals surface area contributed by atoms with Gasteiger partial charge in [-0.1, -0.05) is 12.1 Å². The van der Waals surface area contributed by atoms with Gasteiger partial charge >= 0.3 is 0 Å². The van der Waals surface area contributed by atoms with E-state index in [4.69, 9.17) is 4.74 Å². The van der Waals surface area contributed by atoms with Crippen LogP contribution < -0.4 is 15.4 Å². The van der Waals surface area contributed by atoms with Gasteiger partial charge in [-0.3, -0.25) is 4.79 Å². The number of hydrogen-bond acceptors (Lipinski definition) is 3. The van der Waals surface area contributed by atoms with Crippen molar-refractivity contribution in [1.29, 1.82) is 0 Å². The summed E-state index contributed by atoms with van der Waals surface area (Å²) < 4.78 is 5.08. The molecule has 0 saturated carbocycles. The minimum Gasteiger partial charge on any atom is -0.497 e. The summed E-state index contributed by atoms with van der Waals surface area (Å²) in [4.78, 5) is 11.8. The second-order valence-electron chi connectivity index (χ2n) is 4.66. The molecule has 1 aliphatic rings. The lowest BCUT2D eigenvalue weighted by Gasteiger charge is -2.23. The van der Waals surface area contributed by atoms with Gasteiger partial charge in [-0.2, -0.15) is 0 Å². The lowest BCUT2D eigenvalue weighted by atomic mass is 10.1. The van der Waals surface area contributed by atoms with Crippen LogP contribution in [-0.2, 0) is 4.79 Å². The molecular weight excluding hydrogens is 240 g/mol. The predicted octanol–water partition coefficient (Wildman–Crippen LogP) is 1.58. The third-order valence-corrected chi connectivity index (χ3v) is 3.19. The molecule has 0 spiro atoms. The summed E-state index contributed by atoms with van der Waals surface area (Å²) in [5.74, 6) is 0.777. The summed E-state index contributed by atoms with van der Waals surface area (Å²) in [6.07, 6.45) is 5.56. The molecule has 0 bridgehead atoms. The lowest BCUT2D eigenvalue weighted by Crippen LogP contribution is -2.45. The van der Waals surface area contributed by atoms with Gasteiger partial charge in [0.2, 0.25) is 5.91 Å². The Morgan fingerprint density at radius 3 is 2.84 bits per heavy atom. The second-order valence-corrected chi connectivity index (χ2v) is 4.66. The summed E-state index contributed by atoms with van der Waals surface area (Å²) in [5, 5.41) is 6.27. The Kier molecular flexibility index (Phi) is 4.98. The predicted molar refractivity (Wildman–Crippen MR) is 76.1 cm³/mol. The molecule has 2 rings (SSSR count). The van der Waals surface area contributed by atoms with Crippen LogP contribution in [0.2, 0.25) is 0 Å². The third kappa shape index (κ3) is 4.41. The smallest absolute Gasteiger partial charge is 0.244 e. The van der Waals surface area contributed by atoms with E-state index in [2.05, 4.69) is 10.6 Å². The van der Waals surface area contributed by atoms with Gasteiger partial charge in [0.15, 0.2) is 0 Å². The normalized spacial score (nSPS) is 19.3. The second kappa shape index (κ2) is 6.95. The zero-order valence-electron chi connectivity index (χ0n) is 11.2. The van der Waals surface area contributed by atoms with Crippen LogP contribution in [0.4, 0.5) is 0 Å². The Bertz CT molecular complexity index is 434. The third-order valence-electron chi connectivity index (χ3n) is 3.19. The molecule has 1 aromatic carbocycles. The highest BCUT2D eigenvalue weighted by Crippen LogP contribution is 2.12. The molecule has 4 heteroatoms. The van der Waals surface area contributed by atoms with Crippen LogP contribution >= 0.6 is 0 Å². The zero-order chi connectivity index (χ0) is 13.5. The summed E-state index contributed by atoms with van der Waals surface area (Å²) in [7, 11) is 1.64. The fraction of sp³-hybridized carbons (Fsp3) is 0.400. The number of nitrogens with one attached hydrogen (secondary N) is 2. The molecule has 0 aromatic heterocycles. The summed E-state index contributed by atoms with van der Waals surface area (Å²) in [6, 6.07) is 7.85. The highest BCUT2D eigenvalue weighted by Gasteiger charge is 2.13.